The van der Waals surface area contributed by atoms with Gasteiger partial charge in [-0.2, -0.15) is 0 Å². The van der Waals surface area contributed by atoms with E-state index in [1.807, 2.05) is 68.5 Å². The third kappa shape index (κ3) is 7.15. The van der Waals surface area contributed by atoms with Gasteiger partial charge in [-0.05, 0) is 42.0 Å². The maximum Gasteiger partial charge on any atom is 0.243 e. The van der Waals surface area contributed by atoms with Crippen LogP contribution in [0.25, 0.3) is 0 Å². The summed E-state index contributed by atoms with van der Waals surface area (Å²) in [5.41, 5.74) is 1.71. The zero-order chi connectivity index (χ0) is 27.9. The molecule has 2 aliphatic rings. The van der Waals surface area contributed by atoms with Crippen molar-refractivity contribution >= 4 is 35.2 Å². The van der Waals surface area contributed by atoms with Gasteiger partial charge in [0.25, 0.3) is 0 Å². The summed E-state index contributed by atoms with van der Waals surface area (Å²) >= 11 is 6.23. The first kappa shape index (κ1) is 28.6. The van der Waals surface area contributed by atoms with Crippen LogP contribution in [0.4, 0.5) is 0 Å². The van der Waals surface area contributed by atoms with Crippen LogP contribution in [-0.4, -0.2) is 52.6 Å². The van der Waals surface area contributed by atoms with Crippen LogP contribution in [0.15, 0.2) is 66.7 Å². The Bertz CT molecular complexity index is 1200. The Hall–Kier alpha value is -3.45. The Balaban J connectivity index is 1.58. The van der Waals surface area contributed by atoms with Crippen LogP contribution < -0.4 is 5.32 Å². The van der Waals surface area contributed by atoms with E-state index in [0.717, 1.165) is 11.1 Å². The maximum atomic E-state index is 13.8. The molecule has 0 spiro atoms. The predicted octanol–water partition coefficient (Wildman–Crippen LogP) is 4.39. The van der Waals surface area contributed by atoms with Crippen molar-refractivity contribution in [1.82, 2.24) is 15.1 Å². The summed E-state index contributed by atoms with van der Waals surface area (Å²) in [7, 11) is 0. The lowest BCUT2D eigenvalue weighted by Crippen LogP contribution is -2.51. The molecule has 2 aromatic rings. The quantitative estimate of drug-likeness (QED) is 0.332. The molecule has 1 fully saturated rings. The third-order valence-corrected chi connectivity index (χ3v) is 7.58. The molecule has 1 N–H and O–H groups in total. The highest BCUT2D eigenvalue weighted by Crippen LogP contribution is 2.35. The van der Waals surface area contributed by atoms with E-state index in [0.29, 0.717) is 30.8 Å². The van der Waals surface area contributed by atoms with Crippen LogP contribution in [0, 0.1) is 17.8 Å². The van der Waals surface area contributed by atoms with Gasteiger partial charge in [0.2, 0.25) is 23.6 Å². The van der Waals surface area contributed by atoms with Gasteiger partial charge in [0, 0.05) is 37.5 Å². The number of nitrogens with one attached hydrogen (secondary N) is 1. The molecule has 0 aromatic heterocycles. The summed E-state index contributed by atoms with van der Waals surface area (Å²) in [6, 6.07) is 16.0. The molecule has 1 saturated heterocycles. The molecular weight excluding hydrogens is 514 g/mol. The number of hydrogen-bond acceptors (Lipinski definition) is 4. The Morgan fingerprint density at radius 2 is 1.62 bits per heavy atom. The molecule has 3 atom stereocenters. The number of allylic oxidation sites excluding steroid dienone is 2. The lowest BCUT2D eigenvalue weighted by atomic mass is 9.85. The Morgan fingerprint density at radius 1 is 0.974 bits per heavy atom. The second-order valence-corrected chi connectivity index (χ2v) is 11.2. The Kier molecular flexibility index (Phi) is 9.57. The highest BCUT2D eigenvalue weighted by Gasteiger charge is 2.47. The summed E-state index contributed by atoms with van der Waals surface area (Å²) in [6.07, 6.45) is 5.25. The molecule has 39 heavy (non-hydrogen) atoms. The second-order valence-electron chi connectivity index (χ2n) is 10.7. The Labute approximate surface area is 235 Å². The summed E-state index contributed by atoms with van der Waals surface area (Å²) in [6.45, 7) is 4.68. The Morgan fingerprint density at radius 3 is 2.23 bits per heavy atom. The van der Waals surface area contributed by atoms with Crippen LogP contribution in [0.2, 0.25) is 5.02 Å². The summed E-state index contributed by atoms with van der Waals surface area (Å²) in [5.74, 6) is -1.40. The fourth-order valence-corrected chi connectivity index (χ4v) is 5.46. The average Bonchev–Trinajstić information content (AvgIpc) is 3.17. The molecule has 1 aliphatic carbocycles. The van der Waals surface area contributed by atoms with Gasteiger partial charge in [0.05, 0.1) is 11.8 Å². The molecule has 4 rings (SSSR count). The van der Waals surface area contributed by atoms with Crippen molar-refractivity contribution in [2.75, 3.05) is 13.1 Å². The van der Waals surface area contributed by atoms with Crippen molar-refractivity contribution in [1.29, 1.82) is 0 Å². The van der Waals surface area contributed by atoms with Crippen LogP contribution >= 0.6 is 11.6 Å². The average molecular weight is 550 g/mol. The monoisotopic (exact) mass is 549 g/mol. The first-order valence-electron chi connectivity index (χ1n) is 13.6. The maximum absolute atomic E-state index is 13.8. The molecule has 206 valence electrons. The summed E-state index contributed by atoms with van der Waals surface area (Å²) < 4.78 is 0. The van der Waals surface area contributed by atoms with Crippen molar-refractivity contribution < 1.29 is 19.2 Å². The highest BCUT2D eigenvalue weighted by atomic mass is 35.5. The van der Waals surface area contributed by atoms with Crippen LogP contribution in [0.1, 0.15) is 44.2 Å². The number of amides is 4. The number of hydrogen-bond donors (Lipinski definition) is 1. The van der Waals surface area contributed by atoms with Crippen LogP contribution in [0.3, 0.4) is 0 Å². The van der Waals surface area contributed by atoms with E-state index < -0.39 is 6.04 Å². The lowest BCUT2D eigenvalue weighted by molar-refractivity contribution is -0.144. The van der Waals surface area contributed by atoms with Crippen LogP contribution in [0.5, 0.6) is 0 Å². The minimum atomic E-state index is -0.783. The number of halogens is 1. The third-order valence-electron chi connectivity index (χ3n) is 7.35. The van der Waals surface area contributed by atoms with E-state index in [2.05, 4.69) is 5.32 Å². The first-order chi connectivity index (χ1) is 18.7. The summed E-state index contributed by atoms with van der Waals surface area (Å²) in [5, 5.41) is 3.53. The van der Waals surface area contributed by atoms with Crippen molar-refractivity contribution in [2.24, 2.45) is 17.8 Å². The molecule has 0 radical (unpaired) electrons. The highest BCUT2D eigenvalue weighted by molar-refractivity contribution is 6.30. The number of likely N-dealkylation sites (tertiary alicyclic amines) is 1. The van der Waals surface area contributed by atoms with Crippen molar-refractivity contribution in [2.45, 2.75) is 52.1 Å². The summed E-state index contributed by atoms with van der Waals surface area (Å²) in [4.78, 5) is 56.1. The lowest BCUT2D eigenvalue weighted by Gasteiger charge is -2.32. The number of carbonyl (C=O) groups is 4. The van der Waals surface area contributed by atoms with Gasteiger partial charge in [-0.3, -0.25) is 24.1 Å². The largest absolute Gasteiger partial charge is 0.354 e. The number of imide groups is 1. The zero-order valence-corrected chi connectivity index (χ0v) is 23.3. The number of rotatable bonds is 11. The molecule has 1 heterocycles. The van der Waals surface area contributed by atoms with E-state index in [9.17, 15) is 19.2 Å². The van der Waals surface area contributed by atoms with E-state index in [4.69, 9.17) is 11.6 Å². The van der Waals surface area contributed by atoms with Crippen molar-refractivity contribution in [3.05, 3.63) is 82.9 Å². The standard InChI is InChI=1S/C31H36ClN3O4/c1-21(2)19-33-29(37)27(18-22-9-4-3-5-10-22)35(20-23-11-8-12-24(32)17-23)28(36)15-16-34-30(38)25-13-6-7-14-26(25)31(34)39/h3-12,17,21,25-27H,13-16,18-20H2,1-2H3,(H,33,37)/t25-,26+,27?. The molecular formula is C31H36ClN3O4. The molecule has 7 nitrogen and oxygen atoms in total. The van der Waals surface area contributed by atoms with Gasteiger partial charge in [0.15, 0.2) is 0 Å². The van der Waals surface area contributed by atoms with Gasteiger partial charge in [-0.25, -0.2) is 0 Å². The molecule has 4 amide bonds. The fourth-order valence-electron chi connectivity index (χ4n) is 5.25. The van der Waals surface area contributed by atoms with Crippen LogP contribution in [-0.2, 0) is 32.1 Å². The van der Waals surface area contributed by atoms with Gasteiger partial charge >= 0.3 is 0 Å². The molecule has 2 aromatic carbocycles. The van der Waals surface area contributed by atoms with E-state index in [-0.39, 0.29) is 60.9 Å². The predicted molar refractivity (Wildman–Crippen MR) is 150 cm³/mol. The zero-order valence-electron chi connectivity index (χ0n) is 22.5. The topological polar surface area (TPSA) is 86.8 Å². The molecule has 1 unspecified atom stereocenters. The minimum Gasteiger partial charge on any atom is -0.354 e. The number of fused-ring (bicyclic) bond motifs is 1. The number of benzene rings is 2. The molecule has 0 saturated carbocycles. The smallest absolute Gasteiger partial charge is 0.243 e. The second kappa shape index (κ2) is 13.1. The van der Waals surface area contributed by atoms with E-state index in [1.54, 1.807) is 17.0 Å². The van der Waals surface area contributed by atoms with E-state index >= 15 is 0 Å². The van der Waals surface area contributed by atoms with E-state index in [1.165, 1.54) is 4.90 Å². The molecule has 8 heteroatoms. The van der Waals surface area contributed by atoms with Gasteiger partial charge < -0.3 is 10.2 Å². The fraction of sp³-hybridized carbons (Fsp3) is 0.419. The first-order valence-corrected chi connectivity index (χ1v) is 14.0. The van der Waals surface area contributed by atoms with Gasteiger partial charge in [0.1, 0.15) is 6.04 Å². The molecule has 1 aliphatic heterocycles. The minimum absolute atomic E-state index is 0.00121. The van der Waals surface area contributed by atoms with Crippen molar-refractivity contribution in [3.63, 3.8) is 0 Å². The molecule has 0 bridgehead atoms. The van der Waals surface area contributed by atoms with Crippen molar-refractivity contribution in [3.8, 4) is 0 Å². The van der Waals surface area contributed by atoms with Gasteiger partial charge in [-0.1, -0.05) is 80.1 Å². The number of carbonyl (C=O) groups excluding carboxylic acids is 4. The normalized spacial score (nSPS) is 19.2. The number of nitrogens with zero attached hydrogens (tertiary/aromatic N) is 2. The SMILES string of the molecule is CC(C)CNC(=O)C(Cc1ccccc1)N(Cc1cccc(Cl)c1)C(=O)CCN1C(=O)[C@H]2CC=CC[C@H]2C1=O. The van der Waals surface area contributed by atoms with Gasteiger partial charge in [-0.15, -0.1) is 0 Å².